The molecule has 4 aliphatic rings. The van der Waals surface area contributed by atoms with E-state index in [0.29, 0.717) is 11.8 Å². The number of methoxy groups -OCH3 is 2. The highest BCUT2D eigenvalue weighted by Crippen LogP contribution is 2.32. The summed E-state index contributed by atoms with van der Waals surface area (Å²) in [6.07, 6.45) is 10.1. The Morgan fingerprint density at radius 3 is 1.64 bits per heavy atom. The molecule has 4 aromatic rings. The Balaban J connectivity index is 0.000000157. The lowest BCUT2D eigenvalue weighted by atomic mass is 9.85. The molecule has 2 saturated heterocycles. The summed E-state index contributed by atoms with van der Waals surface area (Å²) >= 11 is 0. The Labute approximate surface area is 297 Å². The van der Waals surface area contributed by atoms with Crippen molar-refractivity contribution >= 4 is 33.1 Å². The molecular formula is C43H53N3O4. The molecule has 4 aromatic carbocycles. The summed E-state index contributed by atoms with van der Waals surface area (Å²) in [4.78, 5) is 33.8. The largest absolute Gasteiger partial charge is 0.497 e. The van der Waals surface area contributed by atoms with Crippen LogP contribution in [0.25, 0.3) is 21.5 Å². The van der Waals surface area contributed by atoms with Gasteiger partial charge in [-0.25, -0.2) is 0 Å². The standard InChI is InChI=1S/C22H28N2O2.C21H25NO2/c1-3-23-11-12-24(19-5-4-6-19)15-21(23)22(25)18-8-7-17-14-20(26-2)10-9-16(17)13-18;1-24-20-10-9-15-12-17(8-7-16(15)13-20)21(23)18-4-3-11-22(14-18)19-5-2-6-19/h7-10,13-14,19,21H,3-6,11-12,15H2,1-2H3;7-10,12-13,18-19H,2-6,11,14H2,1H3. The van der Waals surface area contributed by atoms with E-state index in [1.54, 1.807) is 14.2 Å². The molecular weight excluding hydrogens is 622 g/mol. The number of fused-ring (bicyclic) bond motifs is 2. The van der Waals surface area contributed by atoms with Crippen molar-refractivity contribution in [3.05, 3.63) is 83.9 Å². The molecule has 0 N–H and O–H groups in total. The van der Waals surface area contributed by atoms with Crippen LogP contribution in [-0.2, 0) is 0 Å². The number of piperidine rings is 1. The zero-order valence-electron chi connectivity index (χ0n) is 30.1. The second-order valence-corrected chi connectivity index (χ2v) is 14.7. The molecule has 0 bridgehead atoms. The van der Waals surface area contributed by atoms with Crippen LogP contribution in [0.5, 0.6) is 11.5 Å². The smallest absolute Gasteiger partial charge is 0.181 e. The van der Waals surface area contributed by atoms with Gasteiger partial charge in [0.05, 0.1) is 20.3 Å². The second-order valence-electron chi connectivity index (χ2n) is 14.7. The predicted octanol–water partition coefficient (Wildman–Crippen LogP) is 7.89. The Hall–Kier alpha value is -3.78. The topological polar surface area (TPSA) is 62.3 Å². The quantitative estimate of drug-likeness (QED) is 0.167. The molecule has 2 saturated carbocycles. The van der Waals surface area contributed by atoms with Crippen molar-refractivity contribution in [1.82, 2.24) is 14.7 Å². The van der Waals surface area contributed by atoms with E-state index in [9.17, 15) is 9.59 Å². The van der Waals surface area contributed by atoms with Crippen LogP contribution < -0.4 is 9.47 Å². The lowest BCUT2D eigenvalue weighted by Gasteiger charge is -2.46. The summed E-state index contributed by atoms with van der Waals surface area (Å²) in [6, 6.07) is 25.5. The number of benzene rings is 4. The Morgan fingerprint density at radius 1 is 0.600 bits per heavy atom. The first-order chi connectivity index (χ1) is 24.4. The summed E-state index contributed by atoms with van der Waals surface area (Å²) in [5, 5.41) is 4.42. The highest BCUT2D eigenvalue weighted by atomic mass is 16.5. The van der Waals surface area contributed by atoms with Gasteiger partial charge in [0.25, 0.3) is 0 Å². The van der Waals surface area contributed by atoms with E-state index in [-0.39, 0.29) is 17.7 Å². The van der Waals surface area contributed by atoms with Crippen molar-refractivity contribution < 1.29 is 19.1 Å². The summed E-state index contributed by atoms with van der Waals surface area (Å²) in [5.41, 5.74) is 1.68. The SMILES string of the molecule is CCN1CCN(C2CCC2)CC1C(=O)c1ccc2cc(OC)ccc2c1.COc1ccc2cc(C(=O)C3CCCN(C4CCC4)C3)ccc2c1. The predicted molar refractivity (Wildman–Crippen MR) is 202 cm³/mol. The Kier molecular flexibility index (Phi) is 10.8. The van der Waals surface area contributed by atoms with Crippen LogP contribution >= 0.6 is 0 Å². The van der Waals surface area contributed by atoms with Gasteiger partial charge in [-0.3, -0.25) is 24.3 Å². The molecule has 2 aliphatic heterocycles. The third-order valence-electron chi connectivity index (χ3n) is 11.9. The highest BCUT2D eigenvalue weighted by Gasteiger charge is 2.36. The molecule has 2 unspecified atom stereocenters. The molecule has 8 rings (SSSR count). The number of likely N-dealkylation sites (tertiary alicyclic amines) is 1. The minimum absolute atomic E-state index is 0.0231. The highest BCUT2D eigenvalue weighted by molar-refractivity contribution is 6.03. The normalized spacial score (nSPS) is 22.3. The molecule has 264 valence electrons. The first kappa shape index (κ1) is 34.7. The van der Waals surface area contributed by atoms with E-state index in [1.165, 1.54) is 45.1 Å². The molecule has 7 heteroatoms. The zero-order chi connectivity index (χ0) is 34.6. The summed E-state index contributed by atoms with van der Waals surface area (Å²) in [6.45, 7) is 8.17. The maximum absolute atomic E-state index is 13.3. The third kappa shape index (κ3) is 7.46. The van der Waals surface area contributed by atoms with E-state index < -0.39 is 0 Å². The van der Waals surface area contributed by atoms with E-state index in [2.05, 4.69) is 21.6 Å². The Bertz CT molecular complexity index is 1820. The number of nitrogens with zero attached hydrogens (tertiary/aromatic N) is 3. The number of hydrogen-bond donors (Lipinski definition) is 0. The van der Waals surface area contributed by atoms with Gasteiger partial charge in [-0.05, 0) is 110 Å². The minimum Gasteiger partial charge on any atom is -0.497 e. The number of ketones is 2. The summed E-state index contributed by atoms with van der Waals surface area (Å²) < 4.78 is 10.6. The van der Waals surface area contributed by atoms with Crippen LogP contribution in [0, 0.1) is 5.92 Å². The fraction of sp³-hybridized carbons (Fsp3) is 0.488. The number of carbonyl (C=O) groups is 2. The molecule has 0 aromatic heterocycles. The van der Waals surface area contributed by atoms with Gasteiger partial charge in [-0.2, -0.15) is 0 Å². The summed E-state index contributed by atoms with van der Waals surface area (Å²) in [5.74, 6) is 2.43. The van der Waals surface area contributed by atoms with Crippen molar-refractivity contribution in [2.75, 3.05) is 53.5 Å². The van der Waals surface area contributed by atoms with Crippen LogP contribution in [0.3, 0.4) is 0 Å². The van der Waals surface area contributed by atoms with Crippen LogP contribution in [0.4, 0.5) is 0 Å². The van der Waals surface area contributed by atoms with Crippen molar-refractivity contribution in [2.45, 2.75) is 76.4 Å². The van der Waals surface area contributed by atoms with Crippen molar-refractivity contribution in [3.8, 4) is 11.5 Å². The van der Waals surface area contributed by atoms with Crippen molar-refractivity contribution in [3.63, 3.8) is 0 Å². The fourth-order valence-corrected chi connectivity index (χ4v) is 8.29. The van der Waals surface area contributed by atoms with Gasteiger partial charge in [-0.1, -0.05) is 56.2 Å². The number of piperazine rings is 1. The molecule has 2 aliphatic carbocycles. The van der Waals surface area contributed by atoms with Gasteiger partial charge in [-0.15, -0.1) is 0 Å². The van der Waals surface area contributed by atoms with Gasteiger partial charge < -0.3 is 9.47 Å². The van der Waals surface area contributed by atoms with Gasteiger partial charge >= 0.3 is 0 Å². The second kappa shape index (κ2) is 15.6. The Morgan fingerprint density at radius 2 is 1.12 bits per heavy atom. The molecule has 2 atom stereocenters. The number of ether oxygens (including phenoxy) is 2. The number of hydrogen-bond acceptors (Lipinski definition) is 7. The lowest BCUT2D eigenvalue weighted by Crippen LogP contribution is -2.59. The zero-order valence-corrected chi connectivity index (χ0v) is 30.1. The summed E-state index contributed by atoms with van der Waals surface area (Å²) in [7, 11) is 3.35. The molecule has 0 spiro atoms. The maximum atomic E-state index is 13.3. The average molecular weight is 676 g/mol. The first-order valence-electron chi connectivity index (χ1n) is 18.9. The first-order valence-corrected chi connectivity index (χ1v) is 18.9. The van der Waals surface area contributed by atoms with Crippen molar-refractivity contribution in [1.29, 1.82) is 0 Å². The van der Waals surface area contributed by atoms with Crippen LogP contribution in [0.1, 0.15) is 79.0 Å². The molecule has 7 nitrogen and oxygen atoms in total. The van der Waals surface area contributed by atoms with Gasteiger partial charge in [0.1, 0.15) is 11.5 Å². The van der Waals surface area contributed by atoms with E-state index in [0.717, 1.165) is 95.8 Å². The lowest BCUT2D eigenvalue weighted by molar-refractivity contribution is 0.0257. The van der Waals surface area contributed by atoms with Crippen molar-refractivity contribution in [2.24, 2.45) is 5.92 Å². The van der Waals surface area contributed by atoms with Gasteiger partial charge in [0.15, 0.2) is 11.6 Å². The molecule has 4 fully saturated rings. The molecule has 0 radical (unpaired) electrons. The van der Waals surface area contributed by atoms with Crippen LogP contribution in [0.15, 0.2) is 72.8 Å². The minimum atomic E-state index is -0.0231. The maximum Gasteiger partial charge on any atom is 0.181 e. The van der Waals surface area contributed by atoms with Gasteiger partial charge in [0, 0.05) is 55.3 Å². The van der Waals surface area contributed by atoms with E-state index in [4.69, 9.17) is 9.47 Å². The van der Waals surface area contributed by atoms with Gasteiger partial charge in [0.2, 0.25) is 0 Å². The molecule has 0 amide bonds. The molecule has 50 heavy (non-hydrogen) atoms. The van der Waals surface area contributed by atoms with Crippen LogP contribution in [-0.4, -0.2) is 97.9 Å². The molecule has 2 heterocycles. The third-order valence-corrected chi connectivity index (χ3v) is 11.9. The van der Waals surface area contributed by atoms with E-state index in [1.807, 2.05) is 72.8 Å². The van der Waals surface area contributed by atoms with E-state index >= 15 is 0 Å². The fourth-order valence-electron chi connectivity index (χ4n) is 8.29. The number of carbonyl (C=O) groups excluding carboxylic acids is 2. The van der Waals surface area contributed by atoms with Crippen LogP contribution in [0.2, 0.25) is 0 Å². The number of likely N-dealkylation sites (N-methyl/N-ethyl adjacent to an activating group) is 1. The average Bonchev–Trinajstić information content (AvgIpc) is 3.12. The number of Topliss-reactive ketones (excluding diaryl/α,β-unsaturated/α-hetero) is 2. The number of rotatable bonds is 9. The monoisotopic (exact) mass is 675 g/mol.